The molecule has 3 aromatic rings. The number of carbonyl (C=O) groups is 1. The van der Waals surface area contributed by atoms with Crippen LogP contribution in [-0.4, -0.2) is 20.7 Å². The highest BCUT2D eigenvalue weighted by Gasteiger charge is 2.15. The molecular weight excluding hydrogens is 368 g/mol. The average Bonchev–Trinajstić information content (AvgIpc) is 2.96. The van der Waals surface area contributed by atoms with Crippen molar-refractivity contribution >= 4 is 29.7 Å². The van der Waals surface area contributed by atoms with Crippen molar-refractivity contribution < 1.29 is 4.79 Å². The Hall–Kier alpha value is -2.44. The minimum atomic E-state index is -0.148. The van der Waals surface area contributed by atoms with Crippen LogP contribution in [0.25, 0.3) is 0 Å². The van der Waals surface area contributed by atoms with E-state index in [1.807, 2.05) is 60.0 Å². The number of carbonyl (C=O) groups excluding carboxylic acids is 1. The lowest BCUT2D eigenvalue weighted by atomic mass is 10.1. The van der Waals surface area contributed by atoms with E-state index in [1.54, 1.807) is 6.07 Å². The molecule has 0 aliphatic rings. The van der Waals surface area contributed by atoms with E-state index < -0.39 is 0 Å². The molecule has 0 aliphatic heterocycles. The number of amides is 1. The van der Waals surface area contributed by atoms with E-state index in [1.165, 1.54) is 0 Å². The Labute approximate surface area is 162 Å². The van der Waals surface area contributed by atoms with Gasteiger partial charge >= 0.3 is 0 Å². The van der Waals surface area contributed by atoms with Crippen molar-refractivity contribution in [3.05, 3.63) is 81.3 Å². The number of hydrogen-bond acceptors (Lipinski definition) is 3. The van der Waals surface area contributed by atoms with Crippen LogP contribution in [0.5, 0.6) is 0 Å². The fraction of sp³-hybridized carbons (Fsp3) is 0.211. The zero-order valence-electron chi connectivity index (χ0n) is 14.3. The van der Waals surface area contributed by atoms with E-state index in [-0.39, 0.29) is 18.4 Å². The maximum atomic E-state index is 12.4. The summed E-state index contributed by atoms with van der Waals surface area (Å²) in [5.74, 6) is 0.482. The summed E-state index contributed by atoms with van der Waals surface area (Å²) >= 11 is 11.3. The van der Waals surface area contributed by atoms with Crippen molar-refractivity contribution in [3.8, 4) is 0 Å². The number of benzene rings is 2. The Balaban J connectivity index is 1.69. The summed E-state index contributed by atoms with van der Waals surface area (Å²) in [5.41, 5.74) is 2.05. The SMILES string of the molecule is C[C@H](NC(=O)Cc1n[nH]c(=S)n1Cc1ccccc1)c1cccc(Cl)c1. The number of H-pyrrole nitrogens is 1. The molecule has 0 fully saturated rings. The first-order chi connectivity index (χ1) is 12.5. The quantitative estimate of drug-likeness (QED) is 0.628. The van der Waals surface area contributed by atoms with Crippen LogP contribution in [0.15, 0.2) is 54.6 Å². The second-order valence-electron chi connectivity index (χ2n) is 6.04. The third-order valence-electron chi connectivity index (χ3n) is 4.07. The standard InChI is InChI=1S/C19H19ClN4OS/c1-13(15-8-5-9-16(20)10-15)21-18(25)11-17-22-23-19(26)24(17)12-14-6-3-2-4-7-14/h2-10,13H,11-12H2,1H3,(H,21,25)(H,23,26)/t13-/m0/s1. The van der Waals surface area contributed by atoms with Gasteiger partial charge in [0, 0.05) is 5.02 Å². The van der Waals surface area contributed by atoms with Crippen LogP contribution >= 0.6 is 23.8 Å². The third kappa shape index (κ3) is 4.59. The third-order valence-corrected chi connectivity index (χ3v) is 4.61. The van der Waals surface area contributed by atoms with Gasteiger partial charge < -0.3 is 5.32 Å². The maximum absolute atomic E-state index is 12.4. The molecule has 134 valence electrons. The van der Waals surface area contributed by atoms with E-state index in [0.29, 0.717) is 22.2 Å². The van der Waals surface area contributed by atoms with E-state index in [9.17, 15) is 4.79 Å². The van der Waals surface area contributed by atoms with Gasteiger partial charge in [0.1, 0.15) is 5.82 Å². The molecule has 0 saturated heterocycles. The number of halogens is 1. The second-order valence-corrected chi connectivity index (χ2v) is 6.86. The summed E-state index contributed by atoms with van der Waals surface area (Å²) in [6, 6.07) is 17.2. The van der Waals surface area contributed by atoms with Crippen LogP contribution in [0.2, 0.25) is 5.02 Å². The Morgan fingerprint density at radius 2 is 2.04 bits per heavy atom. The highest BCUT2D eigenvalue weighted by molar-refractivity contribution is 7.71. The molecular formula is C19H19ClN4OS. The van der Waals surface area contributed by atoms with Gasteiger partial charge in [0.25, 0.3) is 0 Å². The van der Waals surface area contributed by atoms with Crippen LogP contribution < -0.4 is 5.32 Å². The number of hydrogen-bond donors (Lipinski definition) is 2. The van der Waals surface area contributed by atoms with Crippen LogP contribution in [0, 0.1) is 4.77 Å². The normalized spacial score (nSPS) is 11.9. The van der Waals surface area contributed by atoms with Gasteiger partial charge in [0.05, 0.1) is 19.0 Å². The van der Waals surface area contributed by atoms with Crippen molar-refractivity contribution in [2.24, 2.45) is 0 Å². The minimum Gasteiger partial charge on any atom is -0.349 e. The van der Waals surface area contributed by atoms with E-state index in [4.69, 9.17) is 23.8 Å². The molecule has 7 heteroatoms. The predicted molar refractivity (Wildman–Crippen MR) is 105 cm³/mol. The van der Waals surface area contributed by atoms with Crippen molar-refractivity contribution in [1.82, 2.24) is 20.1 Å². The van der Waals surface area contributed by atoms with Gasteiger partial charge in [-0.25, -0.2) is 0 Å². The summed E-state index contributed by atoms with van der Waals surface area (Å²) in [4.78, 5) is 12.4. The zero-order chi connectivity index (χ0) is 18.5. The molecule has 1 heterocycles. The summed E-state index contributed by atoms with van der Waals surface area (Å²) in [5, 5.41) is 10.6. The highest BCUT2D eigenvalue weighted by Crippen LogP contribution is 2.17. The average molecular weight is 387 g/mol. The van der Waals surface area contributed by atoms with E-state index in [0.717, 1.165) is 11.1 Å². The molecule has 26 heavy (non-hydrogen) atoms. The first kappa shape index (κ1) is 18.4. The monoisotopic (exact) mass is 386 g/mol. The Bertz CT molecular complexity index is 951. The fourth-order valence-corrected chi connectivity index (χ4v) is 3.12. The largest absolute Gasteiger partial charge is 0.349 e. The van der Waals surface area contributed by atoms with Crippen LogP contribution in [0.3, 0.4) is 0 Å². The van der Waals surface area contributed by atoms with Crippen LogP contribution in [-0.2, 0) is 17.8 Å². The van der Waals surface area contributed by atoms with Crippen molar-refractivity contribution in [2.45, 2.75) is 25.9 Å². The number of nitrogens with one attached hydrogen (secondary N) is 2. The molecule has 2 N–H and O–H groups in total. The molecule has 2 aromatic carbocycles. The zero-order valence-corrected chi connectivity index (χ0v) is 15.8. The maximum Gasteiger partial charge on any atom is 0.228 e. The topological polar surface area (TPSA) is 62.7 Å². The fourth-order valence-electron chi connectivity index (χ4n) is 2.71. The van der Waals surface area contributed by atoms with Gasteiger partial charge in [0.15, 0.2) is 4.77 Å². The Morgan fingerprint density at radius 3 is 2.77 bits per heavy atom. The first-order valence-electron chi connectivity index (χ1n) is 8.26. The predicted octanol–water partition coefficient (Wildman–Crippen LogP) is 4.06. The van der Waals surface area contributed by atoms with Crippen LogP contribution in [0.4, 0.5) is 0 Å². The smallest absolute Gasteiger partial charge is 0.228 e. The van der Waals surface area contributed by atoms with Gasteiger partial charge in [-0.1, -0.05) is 54.1 Å². The van der Waals surface area contributed by atoms with Crippen molar-refractivity contribution in [1.29, 1.82) is 0 Å². The summed E-state index contributed by atoms with van der Waals surface area (Å²) < 4.78 is 2.34. The van der Waals surface area contributed by atoms with Gasteiger partial charge in [-0.2, -0.15) is 5.10 Å². The van der Waals surface area contributed by atoms with Crippen molar-refractivity contribution in [2.75, 3.05) is 0 Å². The van der Waals surface area contributed by atoms with Gasteiger partial charge in [-0.05, 0) is 42.4 Å². The van der Waals surface area contributed by atoms with Gasteiger partial charge in [-0.15, -0.1) is 0 Å². The number of aromatic nitrogens is 3. The molecule has 1 aromatic heterocycles. The minimum absolute atomic E-state index is 0.124. The molecule has 0 unspecified atom stereocenters. The summed E-state index contributed by atoms with van der Waals surface area (Å²) in [6.45, 7) is 2.49. The molecule has 3 rings (SSSR count). The lowest BCUT2D eigenvalue weighted by molar-refractivity contribution is -0.121. The molecule has 1 amide bonds. The summed E-state index contributed by atoms with van der Waals surface area (Å²) in [6.07, 6.45) is 0.144. The molecule has 0 aliphatic carbocycles. The lowest BCUT2D eigenvalue weighted by Crippen LogP contribution is -2.29. The van der Waals surface area contributed by atoms with Gasteiger partial charge in [-0.3, -0.25) is 14.5 Å². The molecule has 0 bridgehead atoms. The Morgan fingerprint density at radius 1 is 1.27 bits per heavy atom. The molecule has 0 saturated carbocycles. The van der Waals surface area contributed by atoms with Crippen LogP contribution in [0.1, 0.15) is 29.9 Å². The second kappa shape index (κ2) is 8.29. The number of aromatic amines is 1. The molecule has 1 atom stereocenters. The van der Waals surface area contributed by atoms with E-state index >= 15 is 0 Å². The molecule has 0 spiro atoms. The Kier molecular flexibility index (Phi) is 5.85. The highest BCUT2D eigenvalue weighted by atomic mass is 35.5. The number of nitrogens with zero attached hydrogens (tertiary/aromatic N) is 2. The first-order valence-corrected chi connectivity index (χ1v) is 9.04. The number of rotatable bonds is 6. The van der Waals surface area contributed by atoms with Crippen molar-refractivity contribution in [3.63, 3.8) is 0 Å². The summed E-state index contributed by atoms with van der Waals surface area (Å²) in [7, 11) is 0. The lowest BCUT2D eigenvalue weighted by Gasteiger charge is -2.15. The molecule has 5 nitrogen and oxygen atoms in total. The van der Waals surface area contributed by atoms with E-state index in [2.05, 4.69) is 15.5 Å². The van der Waals surface area contributed by atoms with Gasteiger partial charge in [0.2, 0.25) is 5.91 Å². The molecule has 0 radical (unpaired) electrons.